The van der Waals surface area contributed by atoms with Gasteiger partial charge in [0.2, 0.25) is 0 Å². The van der Waals surface area contributed by atoms with E-state index in [0.717, 1.165) is 23.5 Å². The van der Waals surface area contributed by atoms with Gasteiger partial charge in [-0.3, -0.25) is 0 Å². The Kier molecular flexibility index (Phi) is 6.73. The van der Waals surface area contributed by atoms with Gasteiger partial charge in [-0.05, 0) is 76.1 Å². The minimum absolute atomic E-state index is 0.173. The van der Waals surface area contributed by atoms with Gasteiger partial charge in [0.25, 0.3) is 0 Å². The fraction of sp³-hybridized carbons (Fsp3) is 0.143. The lowest BCUT2D eigenvalue weighted by molar-refractivity contribution is 0.506. The first-order valence-electron chi connectivity index (χ1n) is 12.8. The summed E-state index contributed by atoms with van der Waals surface area (Å²) in [7, 11) is 0. The lowest BCUT2D eigenvalue weighted by atomic mass is 9.81. The number of hydrogen-bond donors (Lipinski definition) is 0. The van der Waals surface area contributed by atoms with Crippen LogP contribution in [0.2, 0.25) is 0 Å². The van der Waals surface area contributed by atoms with Gasteiger partial charge in [0.05, 0.1) is 0 Å². The van der Waals surface area contributed by atoms with Gasteiger partial charge >= 0.3 is 0 Å². The summed E-state index contributed by atoms with van der Waals surface area (Å²) in [5, 5.41) is 0. The minimum Gasteiger partial charge on any atom is -0.311 e. The maximum absolute atomic E-state index is 2.34. The average Bonchev–Trinajstić information content (AvgIpc) is 2.95. The lowest BCUT2D eigenvalue weighted by Gasteiger charge is -2.26. The predicted octanol–water partition coefficient (Wildman–Crippen LogP) is 10.2. The van der Waals surface area contributed by atoms with Gasteiger partial charge in [-0.15, -0.1) is 0 Å². The summed E-state index contributed by atoms with van der Waals surface area (Å²) in [6.07, 6.45) is 1.12. The Bertz CT molecular complexity index is 1400. The molecule has 0 saturated carbocycles. The van der Waals surface area contributed by atoms with Crippen LogP contribution in [0, 0.1) is 0 Å². The molecule has 0 aromatic heterocycles. The van der Waals surface area contributed by atoms with Crippen LogP contribution < -0.4 is 4.90 Å². The molecule has 0 atom stereocenters. The van der Waals surface area contributed by atoms with Crippen LogP contribution in [0.1, 0.15) is 32.8 Å². The van der Waals surface area contributed by atoms with Crippen molar-refractivity contribution in [2.24, 2.45) is 0 Å². The SMILES string of the molecule is CCC(C)(C)c1cccc(-c2ccc(N(c3ccccc3)c3ccc(-c4ccccc4)cc3)cc2)c1. The van der Waals surface area contributed by atoms with Crippen LogP contribution in [-0.2, 0) is 5.41 Å². The molecule has 0 heterocycles. The zero-order chi connectivity index (χ0) is 25.0. The standard InChI is InChI=1S/C35H33N/c1-4-35(2,3)31-15-11-14-30(26-31)29-20-24-34(25-21-29)36(32-16-9-6-10-17-32)33-22-18-28(19-23-33)27-12-7-5-8-13-27/h5-26H,4H2,1-3H3. The molecule has 0 bridgehead atoms. The summed E-state index contributed by atoms with van der Waals surface area (Å²) >= 11 is 0. The number of hydrogen-bond acceptors (Lipinski definition) is 1. The van der Waals surface area contributed by atoms with Crippen molar-refractivity contribution in [1.29, 1.82) is 0 Å². The maximum atomic E-state index is 2.34. The molecule has 0 radical (unpaired) electrons. The van der Waals surface area contributed by atoms with Gasteiger partial charge in [-0.2, -0.15) is 0 Å². The van der Waals surface area contributed by atoms with E-state index in [4.69, 9.17) is 0 Å². The van der Waals surface area contributed by atoms with E-state index in [1.807, 2.05) is 0 Å². The first-order chi connectivity index (χ1) is 17.5. The quantitative estimate of drug-likeness (QED) is 0.230. The Hall–Kier alpha value is -4.10. The van der Waals surface area contributed by atoms with E-state index in [2.05, 4.69) is 159 Å². The van der Waals surface area contributed by atoms with Crippen LogP contribution in [-0.4, -0.2) is 0 Å². The summed E-state index contributed by atoms with van der Waals surface area (Å²) in [5.74, 6) is 0. The summed E-state index contributed by atoms with van der Waals surface area (Å²) in [4.78, 5) is 2.31. The van der Waals surface area contributed by atoms with E-state index in [1.54, 1.807) is 0 Å². The fourth-order valence-electron chi connectivity index (χ4n) is 4.58. The van der Waals surface area contributed by atoms with Crippen molar-refractivity contribution in [1.82, 2.24) is 0 Å². The minimum atomic E-state index is 0.173. The summed E-state index contributed by atoms with van der Waals surface area (Å²) < 4.78 is 0. The highest BCUT2D eigenvalue weighted by Crippen LogP contribution is 2.37. The average molecular weight is 468 g/mol. The number of nitrogens with zero attached hydrogens (tertiary/aromatic N) is 1. The van der Waals surface area contributed by atoms with E-state index in [9.17, 15) is 0 Å². The second kappa shape index (κ2) is 10.3. The van der Waals surface area contributed by atoms with E-state index < -0.39 is 0 Å². The van der Waals surface area contributed by atoms with Crippen LogP contribution in [0.15, 0.2) is 133 Å². The molecular weight excluding hydrogens is 434 g/mol. The largest absolute Gasteiger partial charge is 0.311 e. The molecule has 0 fully saturated rings. The molecule has 0 aliphatic rings. The van der Waals surface area contributed by atoms with Gasteiger partial charge in [0.1, 0.15) is 0 Å². The summed E-state index contributed by atoms with van der Waals surface area (Å²) in [6.45, 7) is 6.89. The number of para-hydroxylation sites is 1. The zero-order valence-electron chi connectivity index (χ0n) is 21.4. The molecule has 0 aliphatic carbocycles. The molecule has 0 spiro atoms. The molecule has 0 N–H and O–H groups in total. The maximum Gasteiger partial charge on any atom is 0.0462 e. The van der Waals surface area contributed by atoms with Crippen LogP contribution in [0.3, 0.4) is 0 Å². The smallest absolute Gasteiger partial charge is 0.0462 e. The molecule has 5 rings (SSSR count). The molecule has 1 nitrogen and oxygen atoms in total. The third-order valence-electron chi connectivity index (χ3n) is 7.23. The van der Waals surface area contributed by atoms with E-state index in [0.29, 0.717) is 0 Å². The van der Waals surface area contributed by atoms with Crippen LogP contribution in [0.25, 0.3) is 22.3 Å². The van der Waals surface area contributed by atoms with Crippen LogP contribution >= 0.6 is 0 Å². The molecule has 0 amide bonds. The Morgan fingerprint density at radius 2 is 0.917 bits per heavy atom. The van der Waals surface area contributed by atoms with Gasteiger partial charge in [0.15, 0.2) is 0 Å². The van der Waals surface area contributed by atoms with Crippen molar-refractivity contribution in [3.8, 4) is 22.3 Å². The molecule has 0 aliphatic heterocycles. The van der Waals surface area contributed by atoms with E-state index in [1.165, 1.54) is 27.8 Å². The lowest BCUT2D eigenvalue weighted by Crippen LogP contribution is -2.15. The highest BCUT2D eigenvalue weighted by atomic mass is 15.1. The second-order valence-electron chi connectivity index (χ2n) is 9.95. The molecule has 5 aromatic rings. The molecule has 5 aromatic carbocycles. The van der Waals surface area contributed by atoms with Crippen molar-refractivity contribution in [3.05, 3.63) is 139 Å². The first-order valence-corrected chi connectivity index (χ1v) is 12.8. The van der Waals surface area contributed by atoms with Crippen LogP contribution in [0.5, 0.6) is 0 Å². The topological polar surface area (TPSA) is 3.24 Å². The molecule has 36 heavy (non-hydrogen) atoms. The second-order valence-corrected chi connectivity index (χ2v) is 9.95. The molecule has 0 unspecified atom stereocenters. The zero-order valence-corrected chi connectivity index (χ0v) is 21.4. The highest BCUT2D eigenvalue weighted by molar-refractivity contribution is 5.79. The number of anilines is 3. The van der Waals surface area contributed by atoms with Crippen molar-refractivity contribution in [2.45, 2.75) is 32.6 Å². The molecular formula is C35H33N. The third-order valence-corrected chi connectivity index (χ3v) is 7.23. The Balaban J connectivity index is 1.49. The predicted molar refractivity (Wildman–Crippen MR) is 155 cm³/mol. The molecule has 1 heteroatoms. The van der Waals surface area contributed by atoms with Crippen molar-refractivity contribution < 1.29 is 0 Å². The van der Waals surface area contributed by atoms with Crippen molar-refractivity contribution >= 4 is 17.1 Å². The van der Waals surface area contributed by atoms with Gasteiger partial charge in [-0.25, -0.2) is 0 Å². The van der Waals surface area contributed by atoms with Crippen molar-refractivity contribution in [2.75, 3.05) is 4.90 Å². The van der Waals surface area contributed by atoms with E-state index >= 15 is 0 Å². The summed E-state index contributed by atoms with van der Waals surface area (Å²) in [5.41, 5.74) is 9.93. The van der Waals surface area contributed by atoms with Gasteiger partial charge in [-0.1, -0.05) is 118 Å². The molecule has 0 saturated heterocycles. The van der Waals surface area contributed by atoms with Crippen molar-refractivity contribution in [3.63, 3.8) is 0 Å². The highest BCUT2D eigenvalue weighted by Gasteiger charge is 2.18. The summed E-state index contributed by atoms with van der Waals surface area (Å²) in [6, 6.07) is 47.8. The third kappa shape index (κ3) is 4.97. The van der Waals surface area contributed by atoms with E-state index in [-0.39, 0.29) is 5.41 Å². The number of rotatable bonds is 7. The monoisotopic (exact) mass is 467 g/mol. The molecule has 178 valence electrons. The Morgan fingerprint density at radius 1 is 0.472 bits per heavy atom. The fourth-order valence-corrected chi connectivity index (χ4v) is 4.58. The first kappa shape index (κ1) is 23.6. The van der Waals surface area contributed by atoms with Crippen LogP contribution in [0.4, 0.5) is 17.1 Å². The normalized spacial score (nSPS) is 11.3. The number of benzene rings is 5. The Labute approximate surface area is 215 Å². The Morgan fingerprint density at radius 3 is 1.47 bits per heavy atom. The van der Waals surface area contributed by atoms with Gasteiger partial charge < -0.3 is 4.90 Å². The van der Waals surface area contributed by atoms with Gasteiger partial charge in [0, 0.05) is 17.1 Å².